The number of piperazine rings is 1. The summed E-state index contributed by atoms with van der Waals surface area (Å²) in [5, 5.41) is 5.85. The summed E-state index contributed by atoms with van der Waals surface area (Å²) in [5.41, 5.74) is 4.37. The third-order valence-corrected chi connectivity index (χ3v) is 7.60. The fourth-order valence-corrected chi connectivity index (χ4v) is 4.96. The molecule has 3 aliphatic rings. The van der Waals surface area contributed by atoms with Crippen LogP contribution in [0.2, 0.25) is 0 Å². The topological polar surface area (TPSA) is 80.0 Å². The van der Waals surface area contributed by atoms with E-state index in [1.165, 1.54) is 11.1 Å². The monoisotopic (exact) mass is 462 g/mol. The Hall–Kier alpha value is -2.70. The molecule has 3 heterocycles. The van der Waals surface area contributed by atoms with Gasteiger partial charge >= 0.3 is 0 Å². The van der Waals surface area contributed by atoms with Crippen LogP contribution in [0.3, 0.4) is 0 Å². The maximum Gasteiger partial charge on any atom is 0.243 e. The maximum absolute atomic E-state index is 12.7. The fraction of sp³-hybridized carbons (Fsp3) is 0.500. The van der Waals surface area contributed by atoms with Crippen molar-refractivity contribution in [3.8, 4) is 0 Å². The number of rotatable bonds is 7. The van der Waals surface area contributed by atoms with Gasteiger partial charge in [0.2, 0.25) is 11.8 Å². The summed E-state index contributed by atoms with van der Waals surface area (Å²) >= 11 is 0. The number of ether oxygens (including phenoxy) is 2. The van der Waals surface area contributed by atoms with Gasteiger partial charge in [0.1, 0.15) is 12.1 Å². The molecule has 0 radical (unpaired) electrons. The lowest BCUT2D eigenvalue weighted by Crippen LogP contribution is -2.62. The molecule has 2 amide bonds. The van der Waals surface area contributed by atoms with Gasteiger partial charge in [-0.3, -0.25) is 9.59 Å². The van der Waals surface area contributed by atoms with E-state index in [4.69, 9.17) is 9.47 Å². The Bertz CT molecular complexity index is 1070. The average Bonchev–Trinajstić information content (AvgIpc) is 3.39. The van der Waals surface area contributed by atoms with Gasteiger partial charge in [-0.2, -0.15) is 0 Å². The number of carbonyl (C=O) groups excluding carboxylic acids is 2. The van der Waals surface area contributed by atoms with Crippen molar-refractivity contribution in [2.45, 2.75) is 82.3 Å². The van der Waals surface area contributed by atoms with Crippen LogP contribution in [0.1, 0.15) is 55.9 Å². The van der Waals surface area contributed by atoms with E-state index in [0.29, 0.717) is 18.8 Å². The smallest absolute Gasteiger partial charge is 0.243 e. The molecule has 2 aromatic carbocycles. The van der Waals surface area contributed by atoms with Crippen LogP contribution in [0, 0.1) is 0 Å². The van der Waals surface area contributed by atoms with Crippen molar-refractivity contribution in [2.24, 2.45) is 0 Å². The van der Waals surface area contributed by atoms with Crippen molar-refractivity contribution in [3.05, 3.63) is 70.8 Å². The molecule has 0 aromatic heterocycles. The fourth-order valence-electron chi connectivity index (χ4n) is 4.96. The SMILES string of the molecule is CC1(C)OC1Cc1ccc(CC2NC(=O)C(Cc3ccc(C4COC4(C)C)cc3)NC2=O)cc1. The van der Waals surface area contributed by atoms with E-state index in [2.05, 4.69) is 62.6 Å². The molecule has 2 aromatic rings. The first kappa shape index (κ1) is 23.1. The molecule has 0 aliphatic carbocycles. The third-order valence-electron chi connectivity index (χ3n) is 7.60. The maximum atomic E-state index is 12.7. The molecule has 0 bridgehead atoms. The highest BCUT2D eigenvalue weighted by molar-refractivity contribution is 5.97. The molecule has 6 nitrogen and oxygen atoms in total. The van der Waals surface area contributed by atoms with Gasteiger partial charge in [-0.1, -0.05) is 48.5 Å². The Morgan fingerprint density at radius 3 is 1.56 bits per heavy atom. The molecule has 4 unspecified atom stereocenters. The lowest BCUT2D eigenvalue weighted by molar-refractivity contribution is -0.145. The second-order valence-electron chi connectivity index (χ2n) is 11.0. The molecule has 5 rings (SSSR count). The zero-order valence-corrected chi connectivity index (χ0v) is 20.4. The summed E-state index contributed by atoms with van der Waals surface area (Å²) in [6.07, 6.45) is 2.12. The highest BCUT2D eigenvalue weighted by Crippen LogP contribution is 2.40. The van der Waals surface area contributed by atoms with Gasteiger partial charge < -0.3 is 20.1 Å². The highest BCUT2D eigenvalue weighted by atomic mass is 16.6. The van der Waals surface area contributed by atoms with E-state index >= 15 is 0 Å². The summed E-state index contributed by atoms with van der Waals surface area (Å²) in [7, 11) is 0. The highest BCUT2D eigenvalue weighted by Gasteiger charge is 2.47. The van der Waals surface area contributed by atoms with Gasteiger partial charge in [0.15, 0.2) is 0 Å². The van der Waals surface area contributed by atoms with Crippen molar-refractivity contribution in [2.75, 3.05) is 6.61 Å². The number of nitrogens with one attached hydrogen (secondary N) is 2. The van der Waals surface area contributed by atoms with E-state index in [-0.39, 0.29) is 29.1 Å². The lowest BCUT2D eigenvalue weighted by atomic mass is 9.80. The lowest BCUT2D eigenvalue weighted by Gasteiger charge is -2.44. The van der Waals surface area contributed by atoms with Crippen LogP contribution in [0.4, 0.5) is 0 Å². The first-order valence-electron chi connectivity index (χ1n) is 12.2. The molecular formula is C28H34N2O4. The van der Waals surface area contributed by atoms with Gasteiger partial charge in [-0.25, -0.2) is 0 Å². The molecule has 3 aliphatic heterocycles. The van der Waals surface area contributed by atoms with Gasteiger partial charge in [0.25, 0.3) is 0 Å². The number of benzene rings is 2. The summed E-state index contributed by atoms with van der Waals surface area (Å²) in [5.74, 6) is 0.127. The Morgan fingerprint density at radius 2 is 1.18 bits per heavy atom. The van der Waals surface area contributed by atoms with Crippen LogP contribution < -0.4 is 10.6 Å². The number of epoxide rings is 1. The zero-order valence-electron chi connectivity index (χ0n) is 20.4. The number of hydrogen-bond donors (Lipinski definition) is 2. The minimum absolute atomic E-state index is 0.0236. The predicted molar refractivity (Wildman–Crippen MR) is 130 cm³/mol. The Labute approximate surface area is 201 Å². The summed E-state index contributed by atoms with van der Waals surface area (Å²) in [6, 6.07) is 15.4. The van der Waals surface area contributed by atoms with E-state index in [0.717, 1.165) is 24.2 Å². The summed E-state index contributed by atoms with van der Waals surface area (Å²) < 4.78 is 11.3. The van der Waals surface area contributed by atoms with Crippen molar-refractivity contribution >= 4 is 11.8 Å². The van der Waals surface area contributed by atoms with Crippen LogP contribution in [0.15, 0.2) is 48.5 Å². The van der Waals surface area contributed by atoms with Crippen LogP contribution >= 0.6 is 0 Å². The normalized spacial score (nSPS) is 29.1. The van der Waals surface area contributed by atoms with E-state index in [1.54, 1.807) is 0 Å². The largest absolute Gasteiger partial charge is 0.374 e. The standard InChI is InChI=1S/C28H34N2O4/c1-27(2)21(16-33-27)20-11-9-18(10-12-20)14-23-26(32)29-22(25(31)30-23)13-17-5-7-19(8-6-17)15-24-28(3,4)34-24/h5-12,21-24H,13-16H2,1-4H3,(H,29,32)(H,30,31). The number of hydrogen-bond acceptors (Lipinski definition) is 4. The van der Waals surface area contributed by atoms with Gasteiger partial charge in [0, 0.05) is 25.2 Å². The third kappa shape index (κ3) is 4.75. The van der Waals surface area contributed by atoms with Crippen molar-refractivity contribution in [1.29, 1.82) is 0 Å². The Balaban J connectivity index is 1.14. The molecule has 180 valence electrons. The Kier molecular flexibility index (Phi) is 5.77. The molecule has 0 spiro atoms. The summed E-state index contributed by atoms with van der Waals surface area (Å²) in [4.78, 5) is 25.5. The summed E-state index contributed by atoms with van der Waals surface area (Å²) in [6.45, 7) is 9.15. The second-order valence-corrected chi connectivity index (χ2v) is 11.0. The van der Waals surface area contributed by atoms with Gasteiger partial charge in [0.05, 0.1) is 23.9 Å². The average molecular weight is 463 g/mol. The van der Waals surface area contributed by atoms with Gasteiger partial charge in [-0.05, 0) is 49.9 Å². The van der Waals surface area contributed by atoms with E-state index in [1.807, 2.05) is 24.3 Å². The van der Waals surface area contributed by atoms with Crippen LogP contribution in [0.25, 0.3) is 0 Å². The minimum Gasteiger partial charge on any atom is -0.374 e. The number of carbonyl (C=O) groups is 2. The molecular weight excluding hydrogens is 428 g/mol. The van der Waals surface area contributed by atoms with Crippen molar-refractivity contribution < 1.29 is 19.1 Å². The number of amides is 2. The minimum atomic E-state index is -0.553. The van der Waals surface area contributed by atoms with E-state index in [9.17, 15) is 9.59 Å². The van der Waals surface area contributed by atoms with Crippen molar-refractivity contribution in [3.63, 3.8) is 0 Å². The van der Waals surface area contributed by atoms with E-state index < -0.39 is 12.1 Å². The molecule has 34 heavy (non-hydrogen) atoms. The predicted octanol–water partition coefficient (Wildman–Crippen LogP) is 3.07. The molecule has 4 atom stereocenters. The molecule has 3 saturated heterocycles. The molecule has 3 fully saturated rings. The van der Waals surface area contributed by atoms with Crippen LogP contribution in [-0.4, -0.2) is 47.8 Å². The Morgan fingerprint density at radius 1 is 0.735 bits per heavy atom. The van der Waals surface area contributed by atoms with Crippen molar-refractivity contribution in [1.82, 2.24) is 10.6 Å². The van der Waals surface area contributed by atoms with Gasteiger partial charge in [-0.15, -0.1) is 0 Å². The van der Waals surface area contributed by atoms with Crippen LogP contribution in [0.5, 0.6) is 0 Å². The first-order chi connectivity index (χ1) is 16.1. The second kappa shape index (κ2) is 8.51. The quantitative estimate of drug-likeness (QED) is 0.620. The first-order valence-corrected chi connectivity index (χ1v) is 12.2. The van der Waals surface area contributed by atoms with Crippen LogP contribution in [-0.2, 0) is 38.3 Å². The molecule has 0 saturated carbocycles. The molecule has 6 heteroatoms. The zero-order chi connectivity index (χ0) is 24.1. The molecule has 2 N–H and O–H groups in total.